The van der Waals surface area contributed by atoms with Crippen molar-refractivity contribution >= 4 is 52.0 Å². The van der Waals surface area contributed by atoms with E-state index < -0.39 is 12.2 Å². The highest BCUT2D eigenvalue weighted by molar-refractivity contribution is 14.1. The summed E-state index contributed by atoms with van der Waals surface area (Å²) in [4.78, 5) is 37.3. The number of nitrogens with zero attached hydrogens (tertiary/aromatic N) is 3. The zero-order valence-electron chi connectivity index (χ0n) is 18.0. The minimum absolute atomic E-state index is 0.0885. The monoisotopic (exact) mass is 551 g/mol. The third-order valence-corrected chi connectivity index (χ3v) is 5.28. The number of rotatable bonds is 6. The molecule has 10 heteroatoms. The highest BCUT2D eigenvalue weighted by Gasteiger charge is 2.34. The van der Waals surface area contributed by atoms with E-state index in [0.717, 1.165) is 3.57 Å². The van der Waals surface area contributed by atoms with Gasteiger partial charge in [-0.15, -0.1) is 5.10 Å². The normalized spacial score (nSPS) is 15.0. The van der Waals surface area contributed by atoms with E-state index in [1.807, 2.05) is 24.3 Å². The summed E-state index contributed by atoms with van der Waals surface area (Å²) >= 11 is 2.19. The smallest absolute Gasteiger partial charge is 0.308 e. The van der Waals surface area contributed by atoms with E-state index in [4.69, 9.17) is 14.2 Å². The molecule has 0 aromatic heterocycles. The molecule has 32 heavy (non-hydrogen) atoms. The fourth-order valence-corrected chi connectivity index (χ4v) is 3.47. The standard InChI is InChI=1S/C22H22IN3O6/c1-13(27)25(18-8-6-17(23)7-9-18)12-21-26(14(2)28)24-22(32-21)16-5-10-19(31-15(3)29)20(11-16)30-4/h5-11,21H,12H2,1-4H3/t21-/m1/s1. The molecule has 3 rings (SSSR count). The van der Waals surface area contributed by atoms with Crippen LogP contribution in [-0.2, 0) is 19.1 Å². The fraction of sp³-hybridized carbons (Fsp3) is 0.273. The molecule has 0 saturated heterocycles. The summed E-state index contributed by atoms with van der Waals surface area (Å²) in [7, 11) is 1.44. The average molecular weight is 551 g/mol. The number of hydrogen-bond acceptors (Lipinski definition) is 7. The fourth-order valence-electron chi connectivity index (χ4n) is 3.11. The van der Waals surface area contributed by atoms with Crippen LogP contribution in [0.4, 0.5) is 5.69 Å². The molecule has 0 saturated carbocycles. The van der Waals surface area contributed by atoms with E-state index in [9.17, 15) is 14.4 Å². The Labute approximate surface area is 199 Å². The first kappa shape index (κ1) is 23.5. The topological polar surface area (TPSA) is 97.7 Å². The van der Waals surface area contributed by atoms with Gasteiger partial charge in [0.15, 0.2) is 11.5 Å². The molecule has 0 aliphatic carbocycles. The Hall–Kier alpha value is -3.15. The van der Waals surface area contributed by atoms with E-state index in [1.165, 1.54) is 37.8 Å². The molecule has 0 spiro atoms. The molecule has 2 amide bonds. The molecule has 1 aliphatic heterocycles. The first-order valence-electron chi connectivity index (χ1n) is 9.65. The van der Waals surface area contributed by atoms with Crippen LogP contribution in [0.3, 0.4) is 0 Å². The molecule has 1 atom stereocenters. The van der Waals surface area contributed by atoms with Crippen LogP contribution in [0.1, 0.15) is 26.3 Å². The number of amides is 2. The first-order chi connectivity index (χ1) is 15.2. The summed E-state index contributed by atoms with van der Waals surface area (Å²) in [6.07, 6.45) is -0.815. The molecule has 9 nitrogen and oxygen atoms in total. The average Bonchev–Trinajstić information content (AvgIpc) is 3.17. The van der Waals surface area contributed by atoms with Crippen LogP contribution in [-0.4, -0.2) is 48.6 Å². The van der Waals surface area contributed by atoms with E-state index in [1.54, 1.807) is 18.2 Å². The number of esters is 1. The highest BCUT2D eigenvalue weighted by Crippen LogP contribution is 2.30. The molecule has 1 heterocycles. The zero-order valence-corrected chi connectivity index (χ0v) is 20.2. The molecule has 2 aromatic carbocycles. The van der Waals surface area contributed by atoms with Crippen LogP contribution in [0, 0.1) is 3.57 Å². The van der Waals surface area contributed by atoms with Gasteiger partial charge in [0.25, 0.3) is 0 Å². The Morgan fingerprint density at radius 3 is 2.34 bits per heavy atom. The number of carbonyl (C=O) groups is 3. The Morgan fingerprint density at radius 1 is 1.09 bits per heavy atom. The Morgan fingerprint density at radius 2 is 1.78 bits per heavy atom. The summed E-state index contributed by atoms with van der Waals surface area (Å²) in [5.74, 6) is -0.258. The predicted octanol–water partition coefficient (Wildman–Crippen LogP) is 3.14. The molecule has 0 radical (unpaired) electrons. The van der Waals surface area contributed by atoms with Crippen LogP contribution < -0.4 is 14.4 Å². The van der Waals surface area contributed by atoms with Crippen molar-refractivity contribution in [3.05, 3.63) is 51.6 Å². The second-order valence-electron chi connectivity index (χ2n) is 6.91. The van der Waals surface area contributed by atoms with Gasteiger partial charge in [-0.3, -0.25) is 14.4 Å². The van der Waals surface area contributed by atoms with Gasteiger partial charge in [-0.1, -0.05) is 0 Å². The number of methoxy groups -OCH3 is 1. The third kappa shape index (κ3) is 5.36. The second-order valence-corrected chi connectivity index (χ2v) is 8.15. The van der Waals surface area contributed by atoms with Crippen LogP contribution in [0.5, 0.6) is 11.5 Å². The van der Waals surface area contributed by atoms with E-state index in [2.05, 4.69) is 27.7 Å². The van der Waals surface area contributed by atoms with Crippen molar-refractivity contribution in [2.75, 3.05) is 18.6 Å². The van der Waals surface area contributed by atoms with Crippen molar-refractivity contribution in [2.45, 2.75) is 27.0 Å². The van der Waals surface area contributed by atoms with Crippen molar-refractivity contribution in [1.82, 2.24) is 5.01 Å². The lowest BCUT2D eigenvalue weighted by Crippen LogP contribution is -2.44. The number of halogens is 1. The number of hydrogen-bond donors (Lipinski definition) is 0. The van der Waals surface area contributed by atoms with E-state index in [-0.39, 0.29) is 30.0 Å². The largest absolute Gasteiger partial charge is 0.493 e. The molecule has 0 N–H and O–H groups in total. The summed E-state index contributed by atoms with van der Waals surface area (Å²) in [6, 6.07) is 12.2. The van der Waals surface area contributed by atoms with Gasteiger partial charge >= 0.3 is 5.97 Å². The summed E-state index contributed by atoms with van der Waals surface area (Å²) in [5, 5.41) is 5.50. The minimum Gasteiger partial charge on any atom is -0.493 e. The van der Waals surface area contributed by atoms with Crippen LogP contribution in [0.2, 0.25) is 0 Å². The lowest BCUT2D eigenvalue weighted by Gasteiger charge is -2.27. The Kier molecular flexibility index (Phi) is 7.33. The lowest BCUT2D eigenvalue weighted by atomic mass is 10.2. The maximum absolute atomic E-state index is 12.3. The van der Waals surface area contributed by atoms with Gasteiger partial charge < -0.3 is 19.1 Å². The van der Waals surface area contributed by atoms with Crippen molar-refractivity contribution in [2.24, 2.45) is 5.10 Å². The SMILES string of the molecule is COc1cc(C2=NN(C(C)=O)[C@@H](CN(C(C)=O)c3ccc(I)cc3)O2)ccc1OC(C)=O. The second kappa shape index (κ2) is 9.98. The van der Waals surface area contributed by atoms with Gasteiger partial charge in [-0.05, 0) is 65.1 Å². The van der Waals surface area contributed by atoms with Gasteiger partial charge in [-0.2, -0.15) is 5.01 Å². The maximum Gasteiger partial charge on any atom is 0.308 e. The van der Waals surface area contributed by atoms with Crippen molar-refractivity contribution in [3.8, 4) is 11.5 Å². The summed E-state index contributed by atoms with van der Waals surface area (Å²) in [5.41, 5.74) is 1.21. The number of ether oxygens (including phenoxy) is 3. The summed E-state index contributed by atoms with van der Waals surface area (Å²) < 4.78 is 17.4. The van der Waals surface area contributed by atoms with Crippen molar-refractivity contribution < 1.29 is 28.6 Å². The van der Waals surface area contributed by atoms with Gasteiger partial charge in [0, 0.05) is 35.6 Å². The molecule has 0 fully saturated rings. The van der Waals surface area contributed by atoms with Gasteiger partial charge in [-0.25, -0.2) is 0 Å². The number of benzene rings is 2. The minimum atomic E-state index is -0.815. The molecular formula is C22H22IN3O6. The zero-order chi connectivity index (χ0) is 23.4. The number of hydrazone groups is 1. The molecule has 168 valence electrons. The van der Waals surface area contributed by atoms with Gasteiger partial charge in [0.1, 0.15) is 0 Å². The van der Waals surface area contributed by atoms with Crippen LogP contribution in [0.15, 0.2) is 47.6 Å². The van der Waals surface area contributed by atoms with Gasteiger partial charge in [0.05, 0.1) is 13.7 Å². The first-order valence-corrected chi connectivity index (χ1v) is 10.7. The van der Waals surface area contributed by atoms with E-state index in [0.29, 0.717) is 17.0 Å². The summed E-state index contributed by atoms with van der Waals surface area (Å²) in [6.45, 7) is 4.20. The van der Waals surface area contributed by atoms with Crippen molar-refractivity contribution in [3.63, 3.8) is 0 Å². The lowest BCUT2D eigenvalue weighted by molar-refractivity contribution is -0.135. The molecule has 2 aromatic rings. The number of anilines is 1. The Balaban J connectivity index is 1.86. The molecule has 0 bridgehead atoms. The molecular weight excluding hydrogens is 529 g/mol. The van der Waals surface area contributed by atoms with Crippen LogP contribution in [0.25, 0.3) is 0 Å². The molecule has 1 aliphatic rings. The third-order valence-electron chi connectivity index (χ3n) is 4.56. The highest BCUT2D eigenvalue weighted by atomic mass is 127. The quantitative estimate of drug-likeness (QED) is 0.311. The maximum atomic E-state index is 12.3. The number of carbonyl (C=O) groups excluding carboxylic acids is 3. The van der Waals surface area contributed by atoms with E-state index >= 15 is 0 Å². The van der Waals surface area contributed by atoms with Crippen molar-refractivity contribution in [1.29, 1.82) is 0 Å². The predicted molar refractivity (Wildman–Crippen MR) is 125 cm³/mol. The molecule has 0 unspecified atom stereocenters. The van der Waals surface area contributed by atoms with Crippen LogP contribution >= 0.6 is 22.6 Å². The van der Waals surface area contributed by atoms with Gasteiger partial charge in [0.2, 0.25) is 23.9 Å². The Bertz CT molecular complexity index is 1070.